The molecule has 2 aliphatic heterocycles. The molecule has 6 nitrogen and oxygen atoms in total. The van der Waals surface area contributed by atoms with Gasteiger partial charge < -0.3 is 15.0 Å². The van der Waals surface area contributed by atoms with Crippen molar-refractivity contribution < 1.29 is 14.3 Å². The van der Waals surface area contributed by atoms with Crippen LogP contribution in [0.2, 0.25) is 5.02 Å². The molecule has 1 unspecified atom stereocenters. The molecule has 128 valence electrons. The lowest BCUT2D eigenvalue weighted by Crippen LogP contribution is -2.39. The van der Waals surface area contributed by atoms with Gasteiger partial charge in [0.2, 0.25) is 5.91 Å². The fourth-order valence-corrected chi connectivity index (χ4v) is 3.47. The number of carbonyl (C=O) groups is 2. The predicted molar refractivity (Wildman–Crippen MR) is 94.3 cm³/mol. The second-order valence-corrected chi connectivity index (χ2v) is 6.48. The smallest absolute Gasteiger partial charge is 0.265 e. The average molecular weight is 358 g/mol. The number of hydrogen-bond donors (Lipinski definition) is 1. The molecule has 1 atom stereocenters. The van der Waals surface area contributed by atoms with Gasteiger partial charge in [-0.1, -0.05) is 11.6 Å². The van der Waals surface area contributed by atoms with Crippen LogP contribution in [0.15, 0.2) is 30.5 Å². The van der Waals surface area contributed by atoms with Crippen LogP contribution in [-0.2, 0) is 9.59 Å². The summed E-state index contributed by atoms with van der Waals surface area (Å²) >= 11 is 5.92. The highest BCUT2D eigenvalue weighted by atomic mass is 35.5. The van der Waals surface area contributed by atoms with E-state index in [0.717, 1.165) is 11.3 Å². The third-order valence-electron chi connectivity index (χ3n) is 4.54. The SMILES string of the molecule is CCN1C(=O)COc2cc3c(cc21)NC(=O)CC3c1ccc(Cl)cn1. The minimum Gasteiger partial charge on any atom is -0.482 e. The molecule has 0 saturated heterocycles. The van der Waals surface area contributed by atoms with E-state index in [-0.39, 0.29) is 24.3 Å². The number of rotatable bonds is 2. The van der Waals surface area contributed by atoms with Gasteiger partial charge in [0.15, 0.2) is 6.61 Å². The topological polar surface area (TPSA) is 71.5 Å². The van der Waals surface area contributed by atoms with Crippen LogP contribution in [0, 0.1) is 0 Å². The molecular formula is C18H16ClN3O3. The minimum absolute atomic E-state index is 0.0237. The number of likely N-dealkylation sites (N-methyl/N-ethyl adjacent to an activating group) is 1. The Morgan fingerprint density at radius 3 is 2.92 bits per heavy atom. The number of pyridine rings is 1. The molecule has 2 aromatic rings. The monoisotopic (exact) mass is 357 g/mol. The van der Waals surface area contributed by atoms with Gasteiger partial charge >= 0.3 is 0 Å². The summed E-state index contributed by atoms with van der Waals surface area (Å²) in [7, 11) is 0. The van der Waals surface area contributed by atoms with Crippen molar-refractivity contribution in [1.29, 1.82) is 0 Å². The predicted octanol–water partition coefficient (Wildman–Crippen LogP) is 2.95. The van der Waals surface area contributed by atoms with E-state index >= 15 is 0 Å². The summed E-state index contributed by atoms with van der Waals surface area (Å²) < 4.78 is 5.62. The first-order chi connectivity index (χ1) is 12.1. The van der Waals surface area contributed by atoms with Crippen LogP contribution < -0.4 is 15.0 Å². The third-order valence-corrected chi connectivity index (χ3v) is 4.76. The maximum Gasteiger partial charge on any atom is 0.265 e. The molecule has 0 saturated carbocycles. The Hall–Kier alpha value is -2.60. The van der Waals surface area contributed by atoms with Crippen molar-refractivity contribution in [2.24, 2.45) is 0 Å². The van der Waals surface area contributed by atoms with E-state index in [1.54, 1.807) is 17.2 Å². The summed E-state index contributed by atoms with van der Waals surface area (Å²) in [4.78, 5) is 30.2. The molecule has 1 aromatic heterocycles. The van der Waals surface area contributed by atoms with Crippen molar-refractivity contribution in [3.05, 3.63) is 46.7 Å². The zero-order valence-electron chi connectivity index (χ0n) is 13.6. The van der Waals surface area contributed by atoms with Crippen LogP contribution in [0.1, 0.15) is 30.5 Å². The lowest BCUT2D eigenvalue weighted by Gasteiger charge is -2.32. The minimum atomic E-state index is -0.178. The molecule has 1 aromatic carbocycles. The van der Waals surface area contributed by atoms with E-state index in [1.165, 1.54) is 0 Å². The van der Waals surface area contributed by atoms with Gasteiger partial charge in [-0.15, -0.1) is 0 Å². The molecular weight excluding hydrogens is 342 g/mol. The Balaban J connectivity index is 1.83. The summed E-state index contributed by atoms with van der Waals surface area (Å²) in [5.41, 5.74) is 3.08. The molecule has 0 aliphatic carbocycles. The van der Waals surface area contributed by atoms with E-state index in [9.17, 15) is 9.59 Å². The molecule has 7 heteroatoms. The van der Waals surface area contributed by atoms with Crippen LogP contribution in [-0.4, -0.2) is 29.9 Å². The molecule has 25 heavy (non-hydrogen) atoms. The molecule has 3 heterocycles. The van der Waals surface area contributed by atoms with Gasteiger partial charge in [0.1, 0.15) is 5.75 Å². The van der Waals surface area contributed by atoms with E-state index in [0.29, 0.717) is 35.1 Å². The van der Waals surface area contributed by atoms with Crippen LogP contribution in [0.5, 0.6) is 5.75 Å². The standard InChI is InChI=1S/C18H16ClN3O3/c1-2-22-15-7-14-11(5-16(15)25-9-18(22)24)12(6-17(23)21-14)13-4-3-10(19)8-20-13/h3-5,7-8,12H,2,6,9H2,1H3,(H,21,23). The Kier molecular flexibility index (Phi) is 3.84. The first-order valence-corrected chi connectivity index (χ1v) is 8.47. The summed E-state index contributed by atoms with van der Waals surface area (Å²) in [6.45, 7) is 2.48. The highest BCUT2D eigenvalue weighted by Crippen LogP contribution is 2.44. The fourth-order valence-electron chi connectivity index (χ4n) is 3.36. The summed E-state index contributed by atoms with van der Waals surface area (Å²) in [6.07, 6.45) is 1.88. The Bertz CT molecular complexity index is 867. The van der Waals surface area contributed by atoms with E-state index < -0.39 is 0 Å². The highest BCUT2D eigenvalue weighted by molar-refractivity contribution is 6.30. The van der Waals surface area contributed by atoms with Gasteiger partial charge in [-0.2, -0.15) is 0 Å². The number of ether oxygens (including phenoxy) is 1. The number of nitrogens with zero attached hydrogens (tertiary/aromatic N) is 2. The lowest BCUT2D eigenvalue weighted by molar-refractivity contribution is -0.121. The number of carbonyl (C=O) groups excluding carboxylic acids is 2. The number of amides is 2. The van der Waals surface area contributed by atoms with Crippen LogP contribution in [0.3, 0.4) is 0 Å². The van der Waals surface area contributed by atoms with Crippen molar-refractivity contribution >= 4 is 34.8 Å². The van der Waals surface area contributed by atoms with Gasteiger partial charge in [-0.3, -0.25) is 14.6 Å². The van der Waals surface area contributed by atoms with E-state index in [4.69, 9.17) is 16.3 Å². The molecule has 1 N–H and O–H groups in total. The highest BCUT2D eigenvalue weighted by Gasteiger charge is 2.32. The largest absolute Gasteiger partial charge is 0.482 e. The summed E-state index contributed by atoms with van der Waals surface area (Å²) in [5.74, 6) is 0.297. The number of benzene rings is 1. The second-order valence-electron chi connectivity index (χ2n) is 6.04. The Labute approximate surface area is 149 Å². The van der Waals surface area contributed by atoms with Gasteiger partial charge in [0.05, 0.1) is 10.7 Å². The van der Waals surface area contributed by atoms with Gasteiger partial charge in [0.25, 0.3) is 5.91 Å². The third kappa shape index (κ3) is 2.72. The molecule has 0 fully saturated rings. The van der Waals surface area contributed by atoms with E-state index in [1.807, 2.05) is 25.1 Å². The number of nitrogens with one attached hydrogen (secondary N) is 1. The summed E-state index contributed by atoms with van der Waals surface area (Å²) in [5, 5.41) is 3.45. The molecule has 0 radical (unpaired) electrons. The quantitative estimate of drug-likeness (QED) is 0.897. The molecule has 0 bridgehead atoms. The number of anilines is 2. The van der Waals surface area contributed by atoms with Crippen molar-refractivity contribution in [3.63, 3.8) is 0 Å². The Morgan fingerprint density at radius 1 is 1.36 bits per heavy atom. The maximum absolute atomic E-state index is 12.2. The number of halogens is 1. The molecule has 0 spiro atoms. The fraction of sp³-hybridized carbons (Fsp3) is 0.278. The number of fused-ring (bicyclic) bond motifs is 2. The number of aromatic nitrogens is 1. The second kappa shape index (κ2) is 6.04. The van der Waals surface area contributed by atoms with Gasteiger partial charge in [-0.25, -0.2) is 0 Å². The first-order valence-electron chi connectivity index (χ1n) is 8.09. The summed E-state index contributed by atoms with van der Waals surface area (Å²) in [6, 6.07) is 7.31. The van der Waals surface area contributed by atoms with Gasteiger partial charge in [-0.05, 0) is 36.8 Å². The normalized spacial score (nSPS) is 19.0. The van der Waals surface area contributed by atoms with Crippen molar-refractivity contribution in [2.75, 3.05) is 23.4 Å². The van der Waals surface area contributed by atoms with Crippen LogP contribution >= 0.6 is 11.6 Å². The maximum atomic E-state index is 12.2. The van der Waals surface area contributed by atoms with Crippen molar-refractivity contribution in [1.82, 2.24) is 4.98 Å². The molecule has 2 amide bonds. The Morgan fingerprint density at radius 2 is 2.20 bits per heavy atom. The number of hydrogen-bond acceptors (Lipinski definition) is 4. The van der Waals surface area contributed by atoms with Crippen LogP contribution in [0.4, 0.5) is 11.4 Å². The average Bonchev–Trinajstić information content (AvgIpc) is 2.60. The van der Waals surface area contributed by atoms with Crippen molar-refractivity contribution in [3.8, 4) is 5.75 Å². The van der Waals surface area contributed by atoms with Crippen molar-refractivity contribution in [2.45, 2.75) is 19.3 Å². The first kappa shape index (κ1) is 15.9. The van der Waals surface area contributed by atoms with Gasteiger partial charge in [0, 0.05) is 36.5 Å². The van der Waals surface area contributed by atoms with Crippen LogP contribution in [0.25, 0.3) is 0 Å². The zero-order valence-corrected chi connectivity index (χ0v) is 14.3. The zero-order chi connectivity index (χ0) is 17.6. The van der Waals surface area contributed by atoms with E-state index in [2.05, 4.69) is 10.3 Å². The molecule has 4 rings (SSSR count). The molecule has 2 aliphatic rings. The lowest BCUT2D eigenvalue weighted by atomic mass is 9.87.